The molecule has 1 N–H and O–H groups in total. The predicted octanol–water partition coefficient (Wildman–Crippen LogP) is 3.84. The van der Waals surface area contributed by atoms with Crippen molar-refractivity contribution in [2.24, 2.45) is 5.92 Å². The lowest BCUT2D eigenvalue weighted by Gasteiger charge is -2.15. The minimum atomic E-state index is -0.770. The van der Waals surface area contributed by atoms with Crippen LogP contribution in [0.25, 0.3) is 0 Å². The number of aliphatic carboxylic acids is 1. The molecule has 0 aromatic rings. The van der Waals surface area contributed by atoms with Crippen molar-refractivity contribution in [2.45, 2.75) is 77.6 Å². The van der Waals surface area contributed by atoms with Gasteiger partial charge in [0.25, 0.3) is 0 Å². The van der Waals surface area contributed by atoms with E-state index in [-0.39, 0.29) is 11.8 Å². The molecule has 0 radical (unpaired) electrons. The van der Waals surface area contributed by atoms with Gasteiger partial charge in [-0.25, -0.2) is 0 Å². The van der Waals surface area contributed by atoms with Crippen LogP contribution in [0.1, 0.15) is 77.6 Å². The molecule has 21 heavy (non-hydrogen) atoms. The molecule has 1 rings (SSSR count). The summed E-state index contributed by atoms with van der Waals surface area (Å²) in [5, 5.41) is 8.93. The van der Waals surface area contributed by atoms with Gasteiger partial charge in [-0.3, -0.25) is 9.59 Å². The number of carboxylic acid groups (broad SMARTS) is 1. The Labute approximate surface area is 128 Å². The van der Waals surface area contributed by atoms with Gasteiger partial charge in [0.05, 0.1) is 5.92 Å². The van der Waals surface area contributed by atoms with E-state index >= 15 is 0 Å². The molecule has 0 aromatic carbocycles. The Hall–Kier alpha value is -1.06. The van der Waals surface area contributed by atoms with Crippen molar-refractivity contribution < 1.29 is 14.7 Å². The maximum absolute atomic E-state index is 12.0. The Morgan fingerprint density at radius 3 is 2.10 bits per heavy atom. The fourth-order valence-corrected chi connectivity index (χ4v) is 2.93. The van der Waals surface area contributed by atoms with Crippen LogP contribution >= 0.6 is 0 Å². The Morgan fingerprint density at radius 1 is 1.00 bits per heavy atom. The van der Waals surface area contributed by atoms with Crippen LogP contribution in [0, 0.1) is 5.92 Å². The molecule has 4 nitrogen and oxygen atoms in total. The molecule has 4 heteroatoms. The van der Waals surface area contributed by atoms with Crippen LogP contribution in [-0.2, 0) is 9.59 Å². The number of carboxylic acids is 1. The van der Waals surface area contributed by atoms with Crippen molar-refractivity contribution in [2.75, 3.05) is 13.1 Å². The Kier molecular flexibility index (Phi) is 9.11. The SMILES string of the molecule is CCCCCCCCCCCC(=O)N1CC[C@H](C(=O)O)C1. The molecule has 0 aromatic heterocycles. The topological polar surface area (TPSA) is 57.6 Å². The van der Waals surface area contributed by atoms with Crippen molar-refractivity contribution in [1.82, 2.24) is 4.90 Å². The normalized spacial score (nSPS) is 18.1. The number of unbranched alkanes of at least 4 members (excludes halogenated alkanes) is 8. The molecule has 1 atom stereocenters. The van der Waals surface area contributed by atoms with E-state index in [1.807, 2.05) is 0 Å². The monoisotopic (exact) mass is 297 g/mol. The highest BCUT2D eigenvalue weighted by Crippen LogP contribution is 2.18. The van der Waals surface area contributed by atoms with E-state index in [9.17, 15) is 9.59 Å². The van der Waals surface area contributed by atoms with Crippen molar-refractivity contribution in [3.8, 4) is 0 Å². The fourth-order valence-electron chi connectivity index (χ4n) is 2.93. The quantitative estimate of drug-likeness (QED) is 0.589. The standard InChI is InChI=1S/C17H31NO3/c1-2-3-4-5-6-7-8-9-10-11-16(19)18-13-12-15(14-18)17(20)21/h15H,2-14H2,1H3,(H,20,21)/t15-/m0/s1. The molecule has 0 bridgehead atoms. The Bertz CT molecular complexity index is 317. The summed E-state index contributed by atoms with van der Waals surface area (Å²) >= 11 is 0. The number of amides is 1. The van der Waals surface area contributed by atoms with Crippen LogP contribution in [-0.4, -0.2) is 35.0 Å². The van der Waals surface area contributed by atoms with Crippen LogP contribution in [0.3, 0.4) is 0 Å². The number of carbonyl (C=O) groups is 2. The molecular formula is C17H31NO3. The molecule has 1 heterocycles. The molecule has 1 aliphatic rings. The number of hydrogen-bond donors (Lipinski definition) is 1. The summed E-state index contributed by atoms with van der Waals surface area (Å²) in [5.41, 5.74) is 0. The first kappa shape index (κ1) is 18.0. The third-order valence-electron chi connectivity index (χ3n) is 4.38. The minimum Gasteiger partial charge on any atom is -0.481 e. The molecule has 1 amide bonds. The van der Waals surface area contributed by atoms with Gasteiger partial charge in [0, 0.05) is 19.5 Å². The summed E-state index contributed by atoms with van der Waals surface area (Å²) in [6.07, 6.45) is 12.4. The maximum Gasteiger partial charge on any atom is 0.308 e. The average molecular weight is 297 g/mol. The zero-order chi connectivity index (χ0) is 15.5. The lowest BCUT2D eigenvalue weighted by molar-refractivity contribution is -0.141. The molecule has 0 aliphatic carbocycles. The van der Waals surface area contributed by atoms with Gasteiger partial charge in [0.2, 0.25) is 5.91 Å². The van der Waals surface area contributed by atoms with Gasteiger partial charge < -0.3 is 10.0 Å². The minimum absolute atomic E-state index is 0.140. The van der Waals surface area contributed by atoms with Gasteiger partial charge in [-0.2, -0.15) is 0 Å². The van der Waals surface area contributed by atoms with Gasteiger partial charge in [0.1, 0.15) is 0 Å². The number of rotatable bonds is 11. The van der Waals surface area contributed by atoms with Gasteiger partial charge in [-0.15, -0.1) is 0 Å². The molecule has 1 saturated heterocycles. The first-order chi connectivity index (χ1) is 10.1. The summed E-state index contributed by atoms with van der Waals surface area (Å²) in [6, 6.07) is 0. The van der Waals surface area contributed by atoms with Crippen LogP contribution in [0.4, 0.5) is 0 Å². The van der Waals surface area contributed by atoms with E-state index in [1.54, 1.807) is 4.90 Å². The molecule has 1 aliphatic heterocycles. The second kappa shape index (κ2) is 10.6. The van der Waals surface area contributed by atoms with E-state index in [1.165, 1.54) is 44.9 Å². The summed E-state index contributed by atoms with van der Waals surface area (Å²) in [6.45, 7) is 3.26. The number of carbonyl (C=O) groups excluding carboxylic acids is 1. The first-order valence-corrected chi connectivity index (χ1v) is 8.65. The maximum atomic E-state index is 12.0. The van der Waals surface area contributed by atoms with E-state index in [0.717, 1.165) is 12.8 Å². The van der Waals surface area contributed by atoms with Crippen molar-refractivity contribution >= 4 is 11.9 Å². The van der Waals surface area contributed by atoms with Gasteiger partial charge in [0.15, 0.2) is 0 Å². The summed E-state index contributed by atoms with van der Waals surface area (Å²) in [4.78, 5) is 24.5. The smallest absolute Gasteiger partial charge is 0.308 e. The molecule has 0 saturated carbocycles. The number of nitrogens with zero attached hydrogens (tertiary/aromatic N) is 1. The zero-order valence-electron chi connectivity index (χ0n) is 13.5. The van der Waals surface area contributed by atoms with Gasteiger partial charge >= 0.3 is 5.97 Å². The Morgan fingerprint density at radius 2 is 1.57 bits per heavy atom. The van der Waals surface area contributed by atoms with Crippen LogP contribution < -0.4 is 0 Å². The molecule has 122 valence electrons. The van der Waals surface area contributed by atoms with Crippen LogP contribution in [0.15, 0.2) is 0 Å². The van der Waals surface area contributed by atoms with Crippen molar-refractivity contribution in [3.63, 3.8) is 0 Å². The Balaban J connectivity index is 1.96. The fraction of sp³-hybridized carbons (Fsp3) is 0.882. The third-order valence-corrected chi connectivity index (χ3v) is 4.38. The van der Waals surface area contributed by atoms with Crippen LogP contribution in [0.2, 0.25) is 0 Å². The lowest BCUT2D eigenvalue weighted by Crippen LogP contribution is -2.29. The summed E-state index contributed by atoms with van der Waals surface area (Å²) < 4.78 is 0. The van der Waals surface area contributed by atoms with Gasteiger partial charge in [-0.05, 0) is 12.8 Å². The molecular weight excluding hydrogens is 266 g/mol. The molecule has 1 fully saturated rings. The zero-order valence-corrected chi connectivity index (χ0v) is 13.5. The third kappa shape index (κ3) is 7.49. The second-order valence-electron chi connectivity index (χ2n) is 6.24. The summed E-state index contributed by atoms with van der Waals surface area (Å²) in [7, 11) is 0. The molecule has 0 unspecified atom stereocenters. The highest BCUT2D eigenvalue weighted by molar-refractivity contribution is 5.78. The van der Waals surface area contributed by atoms with E-state index in [4.69, 9.17) is 5.11 Å². The van der Waals surface area contributed by atoms with E-state index < -0.39 is 5.97 Å². The largest absolute Gasteiger partial charge is 0.481 e. The highest BCUT2D eigenvalue weighted by Gasteiger charge is 2.30. The van der Waals surface area contributed by atoms with E-state index in [2.05, 4.69) is 6.92 Å². The van der Waals surface area contributed by atoms with Gasteiger partial charge in [-0.1, -0.05) is 58.3 Å². The van der Waals surface area contributed by atoms with Crippen LogP contribution in [0.5, 0.6) is 0 Å². The van der Waals surface area contributed by atoms with Crippen molar-refractivity contribution in [1.29, 1.82) is 0 Å². The molecule has 0 spiro atoms. The summed E-state index contributed by atoms with van der Waals surface area (Å²) in [5.74, 6) is -0.980. The average Bonchev–Trinajstić information content (AvgIpc) is 2.95. The number of likely N-dealkylation sites (tertiary alicyclic amines) is 1. The lowest BCUT2D eigenvalue weighted by atomic mass is 10.1. The highest BCUT2D eigenvalue weighted by atomic mass is 16.4. The first-order valence-electron chi connectivity index (χ1n) is 8.65. The predicted molar refractivity (Wildman–Crippen MR) is 84.2 cm³/mol. The van der Waals surface area contributed by atoms with Crippen molar-refractivity contribution in [3.05, 3.63) is 0 Å². The van der Waals surface area contributed by atoms with E-state index in [0.29, 0.717) is 25.9 Å². The second-order valence-corrected chi connectivity index (χ2v) is 6.24. The number of hydrogen-bond acceptors (Lipinski definition) is 2.